The molecule has 1 aliphatic rings. The molecule has 2 unspecified atom stereocenters. The number of aryl methyl sites for hydroxylation is 1. The van der Waals surface area contributed by atoms with Crippen molar-refractivity contribution in [3.05, 3.63) is 18.0 Å². The molecule has 0 aromatic carbocycles. The molecule has 2 heterocycles. The zero-order valence-corrected chi connectivity index (χ0v) is 10.2. The number of aromatic nitrogens is 2. The van der Waals surface area contributed by atoms with Crippen molar-refractivity contribution >= 4 is 11.8 Å². The van der Waals surface area contributed by atoms with E-state index in [1.54, 1.807) is 4.68 Å². The van der Waals surface area contributed by atoms with Crippen molar-refractivity contribution in [3.8, 4) is 0 Å². The molecule has 1 aromatic rings. The fourth-order valence-corrected chi connectivity index (χ4v) is 2.81. The van der Waals surface area contributed by atoms with Crippen molar-refractivity contribution in [1.29, 1.82) is 0 Å². The van der Waals surface area contributed by atoms with E-state index < -0.39 is 0 Å². The van der Waals surface area contributed by atoms with Gasteiger partial charge in [-0.3, -0.25) is 16.0 Å². The van der Waals surface area contributed by atoms with Crippen molar-refractivity contribution in [2.45, 2.75) is 18.6 Å². The van der Waals surface area contributed by atoms with Gasteiger partial charge in [0.2, 0.25) is 0 Å². The molecule has 0 aliphatic carbocycles. The van der Waals surface area contributed by atoms with Crippen LogP contribution in [0, 0.1) is 0 Å². The molecule has 0 radical (unpaired) electrons. The molecule has 90 valence electrons. The van der Waals surface area contributed by atoms with Crippen molar-refractivity contribution in [1.82, 2.24) is 15.2 Å². The van der Waals surface area contributed by atoms with Crippen LogP contribution in [-0.2, 0) is 18.2 Å². The minimum absolute atomic E-state index is 0.164. The Kier molecular flexibility index (Phi) is 4.22. The van der Waals surface area contributed by atoms with Crippen molar-refractivity contribution in [3.63, 3.8) is 0 Å². The number of hydrazine groups is 1. The maximum atomic E-state index is 5.72. The lowest BCUT2D eigenvalue weighted by Gasteiger charge is -2.29. The van der Waals surface area contributed by atoms with Crippen LogP contribution in [0.4, 0.5) is 0 Å². The molecule has 0 bridgehead atoms. The van der Waals surface area contributed by atoms with E-state index >= 15 is 0 Å². The normalized spacial score (nSPS) is 23.2. The maximum absolute atomic E-state index is 5.72. The summed E-state index contributed by atoms with van der Waals surface area (Å²) in [6.07, 6.45) is 4.94. The highest BCUT2D eigenvalue weighted by Crippen LogP contribution is 2.17. The summed E-state index contributed by atoms with van der Waals surface area (Å²) in [7, 11) is 1.92. The fourth-order valence-electron chi connectivity index (χ4n) is 1.87. The second kappa shape index (κ2) is 5.67. The highest BCUT2D eigenvalue weighted by Gasteiger charge is 2.24. The smallest absolute Gasteiger partial charge is 0.0835 e. The lowest BCUT2D eigenvalue weighted by atomic mass is 10.1. The van der Waals surface area contributed by atoms with Gasteiger partial charge in [0.25, 0.3) is 0 Å². The molecule has 16 heavy (non-hydrogen) atoms. The zero-order valence-electron chi connectivity index (χ0n) is 9.43. The largest absolute Gasteiger partial charge is 0.375 e. The Hall–Kier alpha value is -0.560. The number of nitrogens with zero attached hydrogens (tertiary/aromatic N) is 2. The number of hydrogen-bond acceptors (Lipinski definition) is 5. The van der Waals surface area contributed by atoms with E-state index in [1.165, 1.54) is 5.56 Å². The molecule has 0 amide bonds. The van der Waals surface area contributed by atoms with Crippen LogP contribution >= 0.6 is 11.8 Å². The van der Waals surface area contributed by atoms with Crippen molar-refractivity contribution < 1.29 is 4.74 Å². The molecule has 3 N–H and O–H groups in total. The molecule has 2 atom stereocenters. The van der Waals surface area contributed by atoms with Crippen LogP contribution in [0.25, 0.3) is 0 Å². The SMILES string of the molecule is Cn1cc(CC(NN)C2CSCCO2)cn1. The number of rotatable bonds is 4. The molecule has 0 spiro atoms. The van der Waals surface area contributed by atoms with Crippen LogP contribution in [0.15, 0.2) is 12.4 Å². The topological polar surface area (TPSA) is 65.1 Å². The standard InChI is InChI=1S/C10H18N4OS/c1-14-6-8(5-12-14)4-9(13-11)10-7-16-3-2-15-10/h5-6,9-10,13H,2-4,7,11H2,1H3. The van der Waals surface area contributed by atoms with Crippen LogP contribution in [0.3, 0.4) is 0 Å². The van der Waals surface area contributed by atoms with Gasteiger partial charge in [-0.05, 0) is 12.0 Å². The van der Waals surface area contributed by atoms with Crippen LogP contribution in [0.2, 0.25) is 0 Å². The lowest BCUT2D eigenvalue weighted by molar-refractivity contribution is 0.0472. The molecule has 1 aromatic heterocycles. The summed E-state index contributed by atoms with van der Waals surface area (Å²) in [4.78, 5) is 0. The predicted octanol–water partition coefficient (Wildman–Crippen LogP) is -0.0735. The Morgan fingerprint density at radius 2 is 2.69 bits per heavy atom. The van der Waals surface area contributed by atoms with Crippen LogP contribution in [0.5, 0.6) is 0 Å². The van der Waals surface area contributed by atoms with Crippen molar-refractivity contribution in [2.75, 3.05) is 18.1 Å². The Balaban J connectivity index is 1.94. The minimum Gasteiger partial charge on any atom is -0.375 e. The highest BCUT2D eigenvalue weighted by molar-refractivity contribution is 7.99. The van der Waals surface area contributed by atoms with Gasteiger partial charge in [0, 0.05) is 24.8 Å². The van der Waals surface area contributed by atoms with Gasteiger partial charge in [0.1, 0.15) is 0 Å². The molecule has 1 aliphatic heterocycles. The first kappa shape index (κ1) is 11.9. The quantitative estimate of drug-likeness (QED) is 0.571. The maximum Gasteiger partial charge on any atom is 0.0835 e. The van der Waals surface area contributed by atoms with Crippen LogP contribution in [0.1, 0.15) is 5.56 Å². The van der Waals surface area contributed by atoms with Gasteiger partial charge in [0.05, 0.1) is 24.9 Å². The summed E-state index contributed by atoms with van der Waals surface area (Å²) in [5.41, 5.74) is 4.04. The van der Waals surface area contributed by atoms with E-state index in [-0.39, 0.29) is 12.1 Å². The second-order valence-electron chi connectivity index (χ2n) is 3.98. The molecule has 5 nitrogen and oxygen atoms in total. The zero-order chi connectivity index (χ0) is 11.4. The molecule has 2 rings (SSSR count). The Labute approximate surface area is 99.7 Å². The summed E-state index contributed by atoms with van der Waals surface area (Å²) in [5, 5.41) is 4.15. The predicted molar refractivity (Wildman–Crippen MR) is 65.1 cm³/mol. The van der Waals surface area contributed by atoms with E-state index in [0.717, 1.165) is 24.5 Å². The highest BCUT2D eigenvalue weighted by atomic mass is 32.2. The first-order chi connectivity index (χ1) is 7.79. The van der Waals surface area contributed by atoms with Gasteiger partial charge in [-0.2, -0.15) is 16.9 Å². The first-order valence-corrected chi connectivity index (χ1v) is 6.58. The van der Waals surface area contributed by atoms with Crippen LogP contribution < -0.4 is 11.3 Å². The number of nitrogens with two attached hydrogens (primary N) is 1. The third kappa shape index (κ3) is 2.98. The second-order valence-corrected chi connectivity index (χ2v) is 5.13. The molecular weight excluding hydrogens is 224 g/mol. The van der Waals surface area contributed by atoms with E-state index in [1.807, 2.05) is 31.2 Å². The monoisotopic (exact) mass is 242 g/mol. The van der Waals surface area contributed by atoms with Gasteiger partial charge in [-0.1, -0.05) is 0 Å². The van der Waals surface area contributed by atoms with Crippen LogP contribution in [-0.4, -0.2) is 40.0 Å². The summed E-state index contributed by atoms with van der Waals surface area (Å²) in [6.45, 7) is 0.820. The number of nitrogens with one attached hydrogen (secondary N) is 1. The van der Waals surface area contributed by atoms with Gasteiger partial charge in [-0.15, -0.1) is 0 Å². The first-order valence-electron chi connectivity index (χ1n) is 5.42. The number of ether oxygens (including phenoxy) is 1. The lowest BCUT2D eigenvalue weighted by Crippen LogP contribution is -2.49. The van der Waals surface area contributed by atoms with E-state index in [0.29, 0.717) is 0 Å². The summed E-state index contributed by atoms with van der Waals surface area (Å²) < 4.78 is 7.52. The van der Waals surface area contributed by atoms with Gasteiger partial charge < -0.3 is 4.74 Å². The summed E-state index contributed by atoms with van der Waals surface area (Å²) in [6, 6.07) is 0.164. The number of hydrogen-bond donors (Lipinski definition) is 2. The molecule has 1 saturated heterocycles. The Morgan fingerprint density at radius 1 is 1.81 bits per heavy atom. The summed E-state index contributed by atoms with van der Waals surface area (Å²) in [5.74, 6) is 7.68. The third-order valence-corrected chi connectivity index (χ3v) is 3.74. The van der Waals surface area contributed by atoms with E-state index in [4.69, 9.17) is 10.6 Å². The van der Waals surface area contributed by atoms with E-state index in [9.17, 15) is 0 Å². The number of thioether (sulfide) groups is 1. The average Bonchev–Trinajstić information content (AvgIpc) is 2.73. The van der Waals surface area contributed by atoms with Gasteiger partial charge >= 0.3 is 0 Å². The molecule has 6 heteroatoms. The molecule has 0 saturated carbocycles. The molecule has 1 fully saturated rings. The molecular formula is C10H18N4OS. The Bertz CT molecular complexity index is 324. The van der Waals surface area contributed by atoms with Gasteiger partial charge in [-0.25, -0.2) is 0 Å². The summed E-state index contributed by atoms with van der Waals surface area (Å²) >= 11 is 1.92. The van der Waals surface area contributed by atoms with Gasteiger partial charge in [0.15, 0.2) is 0 Å². The Morgan fingerprint density at radius 3 is 3.25 bits per heavy atom. The fraction of sp³-hybridized carbons (Fsp3) is 0.700. The average molecular weight is 242 g/mol. The third-order valence-electron chi connectivity index (χ3n) is 2.72. The van der Waals surface area contributed by atoms with Crippen molar-refractivity contribution in [2.24, 2.45) is 12.9 Å². The van der Waals surface area contributed by atoms with E-state index in [2.05, 4.69) is 10.5 Å². The minimum atomic E-state index is 0.164.